The molecule has 7 heteroatoms. The minimum atomic E-state index is -0.759. The summed E-state index contributed by atoms with van der Waals surface area (Å²) in [6.45, 7) is 2.10. The van der Waals surface area contributed by atoms with Crippen molar-refractivity contribution in [3.63, 3.8) is 0 Å². The molecule has 0 aliphatic carbocycles. The van der Waals surface area contributed by atoms with Gasteiger partial charge in [-0.05, 0) is 25.1 Å². The highest BCUT2D eigenvalue weighted by Crippen LogP contribution is 2.44. The molecule has 2 amide bonds. The zero-order chi connectivity index (χ0) is 17.7. The van der Waals surface area contributed by atoms with Gasteiger partial charge in [-0.2, -0.15) is 5.10 Å². The Balaban J connectivity index is 1.77. The van der Waals surface area contributed by atoms with Crippen LogP contribution in [0.15, 0.2) is 46.0 Å². The average molecular weight is 402 g/mol. The summed E-state index contributed by atoms with van der Waals surface area (Å²) in [5.74, 6) is -1.90. The van der Waals surface area contributed by atoms with Gasteiger partial charge in [0.25, 0.3) is 0 Å². The maximum Gasteiger partial charge on any atom is 0.235 e. The molecule has 25 heavy (non-hydrogen) atoms. The van der Waals surface area contributed by atoms with E-state index in [-0.39, 0.29) is 23.6 Å². The molecule has 0 radical (unpaired) electrons. The number of ketones is 1. The molecule has 6 nitrogen and oxygen atoms in total. The maximum atomic E-state index is 13.2. The Morgan fingerprint density at radius 2 is 1.84 bits per heavy atom. The fourth-order valence-electron chi connectivity index (χ4n) is 4.00. The zero-order valence-corrected chi connectivity index (χ0v) is 15.1. The summed E-state index contributed by atoms with van der Waals surface area (Å²) in [6.07, 6.45) is 5.20. The molecule has 4 atom stereocenters. The van der Waals surface area contributed by atoms with Crippen LogP contribution in [0.3, 0.4) is 0 Å². The number of halogens is 1. The molecule has 4 rings (SSSR count). The van der Waals surface area contributed by atoms with E-state index >= 15 is 0 Å². The Morgan fingerprint density at radius 1 is 1.16 bits per heavy atom. The van der Waals surface area contributed by atoms with Crippen LogP contribution in [0.1, 0.15) is 17.3 Å². The second-order valence-corrected chi connectivity index (χ2v) is 7.22. The number of fused-ring (bicyclic) bond motifs is 3. The molecule has 0 spiro atoms. The van der Waals surface area contributed by atoms with E-state index in [0.717, 1.165) is 4.47 Å². The molecule has 3 aliphatic heterocycles. The van der Waals surface area contributed by atoms with Crippen LogP contribution in [0.2, 0.25) is 0 Å². The Bertz CT molecular complexity index is 817. The molecular weight excluding hydrogens is 386 g/mol. The number of carbonyl (C=O) groups is 3. The topological polar surface area (TPSA) is 70.1 Å². The number of nitrogens with zero attached hydrogens (tertiary/aromatic N) is 3. The van der Waals surface area contributed by atoms with Crippen molar-refractivity contribution in [1.82, 2.24) is 9.91 Å². The van der Waals surface area contributed by atoms with Crippen molar-refractivity contribution >= 4 is 39.7 Å². The number of likely N-dealkylation sites (tertiary alicyclic amines) is 1. The summed E-state index contributed by atoms with van der Waals surface area (Å²) in [4.78, 5) is 40.0. The molecule has 2 fully saturated rings. The first kappa shape index (κ1) is 16.2. The van der Waals surface area contributed by atoms with Crippen LogP contribution in [0.4, 0.5) is 0 Å². The van der Waals surface area contributed by atoms with Crippen LogP contribution in [0.25, 0.3) is 0 Å². The first-order chi connectivity index (χ1) is 12.0. The van der Waals surface area contributed by atoms with Crippen LogP contribution >= 0.6 is 15.9 Å². The first-order valence-corrected chi connectivity index (χ1v) is 8.98. The summed E-state index contributed by atoms with van der Waals surface area (Å²) in [5, 5.41) is 5.94. The Hall–Kier alpha value is -2.28. The number of imide groups is 1. The molecule has 1 aromatic carbocycles. The quantitative estimate of drug-likeness (QED) is 0.572. The molecule has 0 saturated carbocycles. The van der Waals surface area contributed by atoms with Crippen LogP contribution in [-0.2, 0) is 9.59 Å². The third-order valence-corrected chi connectivity index (χ3v) is 5.62. The lowest BCUT2D eigenvalue weighted by Gasteiger charge is -2.30. The lowest BCUT2D eigenvalue weighted by atomic mass is 9.86. The number of hydrogen-bond donors (Lipinski definition) is 0. The van der Waals surface area contributed by atoms with E-state index in [4.69, 9.17) is 0 Å². The van der Waals surface area contributed by atoms with E-state index < -0.39 is 17.9 Å². The van der Waals surface area contributed by atoms with Crippen LogP contribution in [-0.4, -0.2) is 52.3 Å². The van der Waals surface area contributed by atoms with Crippen molar-refractivity contribution in [2.24, 2.45) is 16.9 Å². The smallest absolute Gasteiger partial charge is 0.235 e. The van der Waals surface area contributed by atoms with E-state index in [2.05, 4.69) is 21.0 Å². The molecule has 1 aromatic rings. The predicted molar refractivity (Wildman–Crippen MR) is 94.9 cm³/mol. The molecule has 3 heterocycles. The Labute approximate surface area is 153 Å². The van der Waals surface area contributed by atoms with Gasteiger partial charge in [-0.25, -0.2) is 0 Å². The standard InChI is InChI=1S/C18H16BrN3O3/c1-2-21-17(24)13-12-4-3-9-20-22(12)15(14(13)18(21)25)16(23)10-5-7-11(19)8-6-10/h3-9,12-15H,2H2,1H3/t12-,13-,14-,15+/m1/s1. The molecule has 2 saturated heterocycles. The molecule has 128 valence electrons. The van der Waals surface area contributed by atoms with Crippen molar-refractivity contribution in [3.8, 4) is 0 Å². The van der Waals surface area contributed by atoms with Crippen molar-refractivity contribution in [3.05, 3.63) is 46.5 Å². The second-order valence-electron chi connectivity index (χ2n) is 6.31. The highest BCUT2D eigenvalue weighted by Gasteiger charge is 2.63. The SMILES string of the molecule is CCN1C(=O)[C@@H]2[C@H](C1=O)[C@H]1C=CC=NN1[C@@H]2C(=O)c1ccc(Br)cc1. The van der Waals surface area contributed by atoms with Crippen molar-refractivity contribution in [2.45, 2.75) is 19.0 Å². The fraction of sp³-hybridized carbons (Fsp3) is 0.333. The molecule has 0 unspecified atom stereocenters. The molecule has 0 bridgehead atoms. The number of allylic oxidation sites excluding steroid dienone is 1. The summed E-state index contributed by atoms with van der Waals surface area (Å²) >= 11 is 3.35. The van der Waals surface area contributed by atoms with E-state index in [9.17, 15) is 14.4 Å². The van der Waals surface area contributed by atoms with Gasteiger partial charge in [-0.3, -0.25) is 24.3 Å². The number of hydrogen-bond acceptors (Lipinski definition) is 5. The van der Waals surface area contributed by atoms with Crippen molar-refractivity contribution < 1.29 is 14.4 Å². The third-order valence-electron chi connectivity index (χ3n) is 5.10. The van der Waals surface area contributed by atoms with Crippen LogP contribution in [0, 0.1) is 11.8 Å². The molecule has 3 aliphatic rings. The van der Waals surface area contributed by atoms with Gasteiger partial charge in [0.15, 0.2) is 5.78 Å². The minimum Gasteiger partial charge on any atom is -0.292 e. The normalized spacial score (nSPS) is 30.0. The number of Topliss-reactive ketones (excluding diaryl/α,β-unsaturated/α-hetero) is 1. The first-order valence-electron chi connectivity index (χ1n) is 8.18. The number of rotatable bonds is 3. The summed E-state index contributed by atoms with van der Waals surface area (Å²) in [6, 6.07) is 5.90. The van der Waals surface area contributed by atoms with E-state index in [1.54, 1.807) is 48.5 Å². The highest BCUT2D eigenvalue weighted by atomic mass is 79.9. The van der Waals surface area contributed by atoms with Gasteiger partial charge in [-0.15, -0.1) is 0 Å². The van der Waals surface area contributed by atoms with Crippen LogP contribution in [0.5, 0.6) is 0 Å². The molecular formula is C18H16BrN3O3. The lowest BCUT2D eigenvalue weighted by Crippen LogP contribution is -2.45. The van der Waals surface area contributed by atoms with E-state index in [1.165, 1.54) is 4.90 Å². The monoisotopic (exact) mass is 401 g/mol. The van der Waals surface area contributed by atoms with E-state index in [0.29, 0.717) is 12.1 Å². The van der Waals surface area contributed by atoms with Crippen LogP contribution < -0.4 is 0 Å². The van der Waals surface area contributed by atoms with Gasteiger partial charge in [0, 0.05) is 22.8 Å². The second kappa shape index (κ2) is 5.91. The van der Waals surface area contributed by atoms with Crippen molar-refractivity contribution in [1.29, 1.82) is 0 Å². The summed E-state index contributed by atoms with van der Waals surface area (Å²) in [5.41, 5.74) is 0.507. The van der Waals surface area contributed by atoms with Gasteiger partial charge in [0.1, 0.15) is 6.04 Å². The van der Waals surface area contributed by atoms with E-state index in [1.807, 2.05) is 6.08 Å². The number of hydrazone groups is 1. The Kier molecular flexibility index (Phi) is 3.83. The number of carbonyl (C=O) groups excluding carboxylic acids is 3. The third kappa shape index (κ3) is 2.29. The van der Waals surface area contributed by atoms with Gasteiger partial charge < -0.3 is 0 Å². The minimum absolute atomic E-state index is 0.184. The number of amides is 2. The highest BCUT2D eigenvalue weighted by molar-refractivity contribution is 9.10. The maximum absolute atomic E-state index is 13.2. The Morgan fingerprint density at radius 3 is 2.52 bits per heavy atom. The van der Waals surface area contributed by atoms with Gasteiger partial charge in [0.05, 0.1) is 17.9 Å². The average Bonchev–Trinajstić information content (AvgIpc) is 3.08. The zero-order valence-electron chi connectivity index (χ0n) is 13.5. The van der Waals surface area contributed by atoms with Gasteiger partial charge >= 0.3 is 0 Å². The van der Waals surface area contributed by atoms with Gasteiger partial charge in [-0.1, -0.05) is 34.1 Å². The lowest BCUT2D eigenvalue weighted by molar-refractivity contribution is -0.141. The summed E-state index contributed by atoms with van der Waals surface area (Å²) < 4.78 is 0.870. The molecule has 0 N–H and O–H groups in total. The predicted octanol–water partition coefficient (Wildman–Crippen LogP) is 1.86. The largest absolute Gasteiger partial charge is 0.292 e. The fourth-order valence-corrected chi connectivity index (χ4v) is 4.26. The summed E-state index contributed by atoms with van der Waals surface area (Å²) in [7, 11) is 0. The van der Waals surface area contributed by atoms with Gasteiger partial charge in [0.2, 0.25) is 11.8 Å². The molecule has 0 aromatic heterocycles. The number of benzene rings is 1. The van der Waals surface area contributed by atoms with Crippen molar-refractivity contribution in [2.75, 3.05) is 6.54 Å².